The van der Waals surface area contributed by atoms with E-state index in [-0.39, 0.29) is 0 Å². The zero-order valence-electron chi connectivity index (χ0n) is 13.2. The number of imidazole rings is 1. The maximum atomic E-state index is 5.92. The summed E-state index contributed by atoms with van der Waals surface area (Å²) in [5, 5.41) is 0. The van der Waals surface area contributed by atoms with Crippen LogP contribution >= 0.6 is 0 Å². The van der Waals surface area contributed by atoms with E-state index in [4.69, 9.17) is 10.7 Å². The van der Waals surface area contributed by atoms with Gasteiger partial charge in [-0.3, -0.25) is 0 Å². The van der Waals surface area contributed by atoms with Gasteiger partial charge >= 0.3 is 0 Å². The molecule has 1 aliphatic rings. The van der Waals surface area contributed by atoms with Crippen LogP contribution in [-0.2, 0) is 6.42 Å². The predicted octanol–water partition coefficient (Wildman–Crippen LogP) is 3.23. The maximum absolute atomic E-state index is 5.92. The summed E-state index contributed by atoms with van der Waals surface area (Å²) in [6.45, 7) is 7.98. The number of likely N-dealkylation sites (tertiary alicyclic amines) is 1. The second-order valence-corrected chi connectivity index (χ2v) is 6.09. The molecule has 0 saturated carbocycles. The first-order valence-electron chi connectivity index (χ1n) is 8.21. The van der Waals surface area contributed by atoms with Crippen LogP contribution < -0.4 is 5.73 Å². The molecule has 2 heterocycles. The fourth-order valence-corrected chi connectivity index (χ4v) is 3.50. The third-order valence-corrected chi connectivity index (χ3v) is 4.55. The maximum Gasteiger partial charge on any atom is 0.110 e. The minimum absolute atomic E-state index is 0.550. The van der Waals surface area contributed by atoms with Crippen molar-refractivity contribution in [1.29, 1.82) is 0 Å². The fourth-order valence-electron chi connectivity index (χ4n) is 3.50. The van der Waals surface area contributed by atoms with Crippen molar-refractivity contribution in [3.8, 4) is 0 Å². The van der Waals surface area contributed by atoms with E-state index in [0.29, 0.717) is 6.04 Å². The van der Waals surface area contributed by atoms with Crippen molar-refractivity contribution in [3.63, 3.8) is 0 Å². The number of anilines is 1. The average molecular weight is 286 g/mol. The van der Waals surface area contributed by atoms with Crippen LogP contribution in [0.25, 0.3) is 11.0 Å². The van der Waals surface area contributed by atoms with Gasteiger partial charge in [-0.05, 0) is 50.6 Å². The number of nitrogen functional groups attached to an aromatic ring is 1. The first-order valence-corrected chi connectivity index (χ1v) is 8.21. The molecule has 2 aromatic rings. The van der Waals surface area contributed by atoms with Crippen LogP contribution in [-0.4, -0.2) is 34.1 Å². The Morgan fingerprint density at radius 3 is 2.95 bits per heavy atom. The topological polar surface area (TPSA) is 47.1 Å². The summed E-state index contributed by atoms with van der Waals surface area (Å²) < 4.78 is 2.49. The third kappa shape index (κ3) is 2.77. The number of nitrogens with zero attached hydrogens (tertiary/aromatic N) is 3. The molecule has 0 bridgehead atoms. The Morgan fingerprint density at radius 2 is 2.19 bits per heavy atom. The van der Waals surface area contributed by atoms with Crippen LogP contribution in [0.4, 0.5) is 5.69 Å². The molecule has 1 aliphatic heterocycles. The molecule has 1 saturated heterocycles. The second-order valence-electron chi connectivity index (χ2n) is 6.09. The molecule has 2 N–H and O–H groups in total. The third-order valence-electron chi connectivity index (χ3n) is 4.55. The van der Waals surface area contributed by atoms with Gasteiger partial charge in [-0.25, -0.2) is 4.98 Å². The molecule has 1 atom stereocenters. The Hall–Kier alpha value is -1.55. The summed E-state index contributed by atoms with van der Waals surface area (Å²) in [5.74, 6) is 1.22. The molecule has 0 spiro atoms. The molecule has 0 radical (unpaired) electrons. The highest BCUT2D eigenvalue weighted by Crippen LogP contribution is 2.29. The number of hydrogen-bond acceptors (Lipinski definition) is 3. The lowest BCUT2D eigenvalue weighted by molar-refractivity contribution is 0.185. The van der Waals surface area contributed by atoms with E-state index in [1.807, 2.05) is 12.1 Å². The number of fused-ring (bicyclic) bond motifs is 1. The van der Waals surface area contributed by atoms with Crippen molar-refractivity contribution in [3.05, 3.63) is 24.0 Å². The normalized spacial score (nSPS) is 20.2. The van der Waals surface area contributed by atoms with E-state index in [1.54, 1.807) is 0 Å². The Kier molecular flexibility index (Phi) is 4.15. The van der Waals surface area contributed by atoms with Crippen molar-refractivity contribution in [2.24, 2.45) is 0 Å². The lowest BCUT2D eigenvalue weighted by Crippen LogP contribution is -2.36. The van der Waals surface area contributed by atoms with Crippen LogP contribution in [0.3, 0.4) is 0 Å². The van der Waals surface area contributed by atoms with Crippen LogP contribution in [0.2, 0.25) is 0 Å². The van der Waals surface area contributed by atoms with Gasteiger partial charge in [0.1, 0.15) is 5.82 Å². The minimum Gasteiger partial charge on any atom is -0.399 e. The molecule has 1 fully saturated rings. The van der Waals surface area contributed by atoms with Crippen molar-refractivity contribution in [1.82, 2.24) is 14.5 Å². The molecule has 4 heteroatoms. The van der Waals surface area contributed by atoms with Crippen molar-refractivity contribution in [2.45, 2.75) is 45.6 Å². The van der Waals surface area contributed by atoms with E-state index < -0.39 is 0 Å². The fraction of sp³-hybridized carbons (Fsp3) is 0.588. The summed E-state index contributed by atoms with van der Waals surface area (Å²) in [4.78, 5) is 7.40. The summed E-state index contributed by atoms with van der Waals surface area (Å²) in [5.41, 5.74) is 9.02. The molecule has 4 nitrogen and oxygen atoms in total. The predicted molar refractivity (Wildman–Crippen MR) is 88.5 cm³/mol. The largest absolute Gasteiger partial charge is 0.399 e. The van der Waals surface area contributed by atoms with E-state index in [9.17, 15) is 0 Å². The molecular formula is C17H26N4. The minimum atomic E-state index is 0.550. The molecular weight excluding hydrogens is 260 g/mol. The van der Waals surface area contributed by atoms with Crippen molar-refractivity contribution < 1.29 is 0 Å². The first kappa shape index (κ1) is 14.4. The number of hydrogen-bond donors (Lipinski definition) is 1. The van der Waals surface area contributed by atoms with Gasteiger partial charge in [-0.2, -0.15) is 0 Å². The Bertz CT molecular complexity index is 617. The molecule has 0 aliphatic carbocycles. The molecule has 1 aromatic heterocycles. The second kappa shape index (κ2) is 6.06. The number of nitrogens with two attached hydrogens (primary N) is 1. The van der Waals surface area contributed by atoms with Crippen molar-refractivity contribution >= 4 is 16.7 Å². The van der Waals surface area contributed by atoms with Crippen LogP contribution in [0.5, 0.6) is 0 Å². The van der Waals surface area contributed by atoms with Gasteiger partial charge in [0.25, 0.3) is 0 Å². The highest BCUT2D eigenvalue weighted by Gasteiger charge is 2.24. The van der Waals surface area contributed by atoms with E-state index in [1.165, 1.54) is 30.7 Å². The summed E-state index contributed by atoms with van der Waals surface area (Å²) in [7, 11) is 0. The van der Waals surface area contributed by atoms with Gasteiger partial charge < -0.3 is 15.2 Å². The van der Waals surface area contributed by atoms with Gasteiger partial charge in [0.2, 0.25) is 0 Å². The highest BCUT2D eigenvalue weighted by atomic mass is 15.2. The van der Waals surface area contributed by atoms with Crippen LogP contribution in [0.1, 0.15) is 45.0 Å². The van der Waals surface area contributed by atoms with Crippen LogP contribution in [0.15, 0.2) is 18.2 Å². The Balaban J connectivity index is 2.04. The Morgan fingerprint density at radius 1 is 1.33 bits per heavy atom. The number of aromatic nitrogens is 2. The van der Waals surface area contributed by atoms with Crippen molar-refractivity contribution in [2.75, 3.05) is 25.4 Å². The molecule has 114 valence electrons. The molecule has 1 unspecified atom stereocenters. The first-order chi connectivity index (χ1) is 10.2. The summed E-state index contributed by atoms with van der Waals surface area (Å²) >= 11 is 0. The zero-order chi connectivity index (χ0) is 14.8. The van der Waals surface area contributed by atoms with E-state index in [0.717, 1.165) is 37.1 Å². The molecule has 3 rings (SSSR count). The SMILES string of the molecule is CCCc1nc2cc(N)ccc2n1C1CCCN(CC)C1. The van der Waals surface area contributed by atoms with Crippen LogP contribution in [0, 0.1) is 0 Å². The number of rotatable bonds is 4. The van der Waals surface area contributed by atoms with E-state index >= 15 is 0 Å². The lowest BCUT2D eigenvalue weighted by Gasteiger charge is -2.33. The summed E-state index contributed by atoms with van der Waals surface area (Å²) in [6, 6.07) is 6.69. The molecule has 21 heavy (non-hydrogen) atoms. The quantitative estimate of drug-likeness (QED) is 0.878. The highest BCUT2D eigenvalue weighted by molar-refractivity contribution is 5.79. The number of piperidine rings is 1. The van der Waals surface area contributed by atoms with Gasteiger partial charge in [-0.15, -0.1) is 0 Å². The number of benzene rings is 1. The molecule has 0 amide bonds. The zero-order valence-corrected chi connectivity index (χ0v) is 13.2. The summed E-state index contributed by atoms with van der Waals surface area (Å²) in [6.07, 6.45) is 4.70. The smallest absolute Gasteiger partial charge is 0.110 e. The lowest BCUT2D eigenvalue weighted by atomic mass is 10.0. The number of likely N-dealkylation sites (N-methyl/N-ethyl adjacent to an activating group) is 1. The van der Waals surface area contributed by atoms with Gasteiger partial charge in [0, 0.05) is 24.7 Å². The average Bonchev–Trinajstić information content (AvgIpc) is 2.84. The van der Waals surface area contributed by atoms with E-state index in [2.05, 4.69) is 29.4 Å². The van der Waals surface area contributed by atoms with Gasteiger partial charge in [-0.1, -0.05) is 13.8 Å². The Labute approximate surface area is 126 Å². The van der Waals surface area contributed by atoms with Gasteiger partial charge in [0.05, 0.1) is 11.0 Å². The molecule has 1 aromatic carbocycles. The number of aryl methyl sites for hydroxylation is 1. The van der Waals surface area contributed by atoms with Gasteiger partial charge in [0.15, 0.2) is 0 Å². The standard InChI is InChI=1S/C17H26N4/c1-3-6-17-19-15-11-13(18)8-9-16(15)21(17)14-7-5-10-20(4-2)12-14/h8-9,11,14H,3-7,10,12,18H2,1-2H3. The monoisotopic (exact) mass is 286 g/mol.